The van der Waals surface area contributed by atoms with Gasteiger partial charge in [0.15, 0.2) is 23.0 Å². The predicted molar refractivity (Wildman–Crippen MR) is 176 cm³/mol. The van der Waals surface area contributed by atoms with Crippen molar-refractivity contribution in [1.82, 2.24) is 4.48 Å². The average Bonchev–Trinajstić information content (AvgIpc) is 3.82. The highest BCUT2D eigenvalue weighted by Crippen LogP contribution is 2.47. The van der Waals surface area contributed by atoms with Crippen molar-refractivity contribution in [3.63, 3.8) is 0 Å². The van der Waals surface area contributed by atoms with Crippen LogP contribution in [0.15, 0.2) is 53.2 Å². The highest BCUT2D eigenvalue weighted by Gasteiger charge is 2.42. The summed E-state index contributed by atoms with van der Waals surface area (Å²) in [7, 11) is 5.47. The third-order valence-electron chi connectivity index (χ3n) is 7.67. The molecule has 4 heterocycles. The summed E-state index contributed by atoms with van der Waals surface area (Å²) in [4.78, 5) is 5.46. The largest absolute Gasteiger partial charge is 0.678 e. The molecule has 1 aliphatic heterocycles. The van der Waals surface area contributed by atoms with E-state index in [0.29, 0.717) is 64.4 Å². The average molecular weight is 705 g/mol. The SMILES string of the molecule is COc1cc(-c2cc3c(s2)=C/C(=C(/c2cc4sc(-c5cc(OC)c(OC)c(OC)c5)cc4n2B(F)F)C(F)(F)F)N=3)cc(OC)c1OC. The van der Waals surface area contributed by atoms with Crippen LogP contribution in [-0.2, 0) is 0 Å². The molecule has 0 unspecified atom stereocenters. The minimum Gasteiger partial charge on any atom is -0.493 e. The van der Waals surface area contributed by atoms with Gasteiger partial charge in [0.25, 0.3) is 0 Å². The van der Waals surface area contributed by atoms with Gasteiger partial charge in [-0.05, 0) is 59.7 Å². The molecule has 0 atom stereocenters. The maximum Gasteiger partial charge on any atom is 0.678 e. The second-order valence-electron chi connectivity index (χ2n) is 10.2. The molecule has 2 aromatic carbocycles. The van der Waals surface area contributed by atoms with Crippen LogP contribution in [0.4, 0.5) is 21.8 Å². The van der Waals surface area contributed by atoms with Crippen molar-refractivity contribution in [1.29, 1.82) is 0 Å². The first-order valence-corrected chi connectivity index (χ1v) is 15.6. The summed E-state index contributed by atoms with van der Waals surface area (Å²) >= 11 is 2.25. The van der Waals surface area contributed by atoms with Crippen LogP contribution < -0.4 is 38.3 Å². The molecule has 48 heavy (non-hydrogen) atoms. The Morgan fingerprint density at radius 3 is 1.60 bits per heavy atom. The minimum atomic E-state index is -5.00. The molecule has 1 aliphatic rings. The molecule has 6 rings (SSSR count). The first-order chi connectivity index (χ1) is 23.0. The van der Waals surface area contributed by atoms with E-state index in [2.05, 4.69) is 4.99 Å². The van der Waals surface area contributed by atoms with Crippen LogP contribution in [0.25, 0.3) is 42.7 Å². The Morgan fingerprint density at radius 1 is 0.688 bits per heavy atom. The summed E-state index contributed by atoms with van der Waals surface area (Å²) < 4.78 is 107. The van der Waals surface area contributed by atoms with Crippen molar-refractivity contribution in [3.05, 3.63) is 63.7 Å². The summed E-state index contributed by atoms with van der Waals surface area (Å²) in [5.41, 5.74) is -1.26. The van der Waals surface area contributed by atoms with Crippen molar-refractivity contribution < 1.29 is 50.2 Å². The number of nitrogens with zero attached hydrogens (tertiary/aromatic N) is 2. The molecule has 0 bridgehead atoms. The third-order valence-corrected chi connectivity index (χ3v) is 9.91. The van der Waals surface area contributed by atoms with E-state index in [1.54, 1.807) is 30.3 Å². The first kappa shape index (κ1) is 33.2. The lowest BCUT2D eigenvalue weighted by atomic mass is 10.1. The van der Waals surface area contributed by atoms with Crippen LogP contribution in [-0.4, -0.2) is 60.7 Å². The van der Waals surface area contributed by atoms with Gasteiger partial charge in [-0.1, -0.05) is 0 Å². The van der Waals surface area contributed by atoms with Crippen molar-refractivity contribution in [2.24, 2.45) is 4.99 Å². The van der Waals surface area contributed by atoms with Crippen LogP contribution in [0.3, 0.4) is 0 Å². The Kier molecular flexibility index (Phi) is 8.81. The number of methoxy groups -OCH3 is 6. The van der Waals surface area contributed by atoms with Gasteiger partial charge in [0, 0.05) is 15.4 Å². The fourth-order valence-corrected chi connectivity index (χ4v) is 7.67. The second kappa shape index (κ2) is 12.7. The lowest BCUT2D eigenvalue weighted by Crippen LogP contribution is -2.21. The van der Waals surface area contributed by atoms with Gasteiger partial charge in [-0.2, -0.15) is 13.2 Å². The quantitative estimate of drug-likeness (QED) is 0.112. The number of thiophene rings is 2. The molecule has 250 valence electrons. The molecular formula is C32H26BF5N2O6S2. The number of hydrogen-bond acceptors (Lipinski definition) is 9. The van der Waals surface area contributed by atoms with Gasteiger partial charge >= 0.3 is 13.6 Å². The van der Waals surface area contributed by atoms with Crippen LogP contribution in [0.5, 0.6) is 34.5 Å². The van der Waals surface area contributed by atoms with E-state index in [0.717, 1.165) is 17.4 Å². The molecule has 3 aromatic heterocycles. The van der Waals surface area contributed by atoms with Gasteiger partial charge in [-0.25, -0.2) is 4.99 Å². The van der Waals surface area contributed by atoms with Gasteiger partial charge in [-0.3, -0.25) is 8.63 Å². The number of alkyl halides is 3. The van der Waals surface area contributed by atoms with Crippen LogP contribution in [0, 0.1) is 0 Å². The maximum atomic E-state index is 14.8. The lowest BCUT2D eigenvalue weighted by Gasteiger charge is -2.16. The van der Waals surface area contributed by atoms with E-state index in [9.17, 15) is 21.8 Å². The highest BCUT2D eigenvalue weighted by atomic mass is 32.1. The zero-order valence-electron chi connectivity index (χ0n) is 26.2. The van der Waals surface area contributed by atoms with Gasteiger partial charge in [-0.15, -0.1) is 22.7 Å². The Morgan fingerprint density at radius 2 is 1.19 bits per heavy atom. The summed E-state index contributed by atoms with van der Waals surface area (Å²) in [6, 6.07) is 10.9. The number of rotatable bonds is 10. The molecule has 0 fully saturated rings. The number of aromatic nitrogens is 1. The van der Waals surface area contributed by atoms with E-state index in [1.165, 1.54) is 66.1 Å². The number of fused-ring (bicyclic) bond motifs is 2. The number of allylic oxidation sites excluding steroid dienone is 2. The highest BCUT2D eigenvalue weighted by molar-refractivity contribution is 7.22. The lowest BCUT2D eigenvalue weighted by molar-refractivity contribution is -0.0695. The molecule has 0 saturated carbocycles. The van der Waals surface area contributed by atoms with Gasteiger partial charge in [0.05, 0.1) is 68.5 Å². The molecule has 0 saturated heterocycles. The first-order valence-electron chi connectivity index (χ1n) is 14.0. The zero-order chi connectivity index (χ0) is 34.5. The Bertz CT molecular complexity index is 2120. The van der Waals surface area contributed by atoms with E-state index in [4.69, 9.17) is 28.4 Å². The summed E-state index contributed by atoms with van der Waals surface area (Å²) in [5, 5.41) is 0.280. The third kappa shape index (κ3) is 5.62. The monoisotopic (exact) mass is 704 g/mol. The number of ether oxygens (including phenoxy) is 6. The fourth-order valence-electron chi connectivity index (χ4n) is 5.57. The van der Waals surface area contributed by atoms with Gasteiger partial charge in [0.2, 0.25) is 11.5 Å². The van der Waals surface area contributed by atoms with Crippen molar-refractivity contribution in [2.75, 3.05) is 42.7 Å². The molecule has 0 N–H and O–H groups in total. The van der Waals surface area contributed by atoms with Gasteiger partial charge < -0.3 is 32.9 Å². The Balaban J connectivity index is 1.47. The van der Waals surface area contributed by atoms with Crippen molar-refractivity contribution >= 4 is 51.9 Å². The standard InChI is InChI=1S/C32H26BF5N2O6S2/c1-41-21-7-15(8-22(42-2)30(21)45-5)25-11-17-27(47-25)12-18(39-17)29(32(34,35)36)20-14-28-19(40(20)33(37)38)13-26(48-28)16-9-23(43-3)31(46-6)24(10-16)44-4/h7-14H,1-6H3/b29-18+. The number of hydrogen-bond donors (Lipinski definition) is 0. The molecule has 8 nitrogen and oxygen atoms in total. The van der Waals surface area contributed by atoms with Crippen LogP contribution in [0.2, 0.25) is 0 Å². The summed E-state index contributed by atoms with van der Waals surface area (Å²) in [5.74, 6) is 2.22. The summed E-state index contributed by atoms with van der Waals surface area (Å²) in [6.45, 7) is 0. The van der Waals surface area contributed by atoms with Crippen LogP contribution in [0.1, 0.15) is 5.69 Å². The number of halogens is 5. The molecule has 16 heteroatoms. The maximum absolute atomic E-state index is 14.8. The Hall–Kier alpha value is -4.70. The smallest absolute Gasteiger partial charge is 0.493 e. The van der Waals surface area contributed by atoms with Crippen molar-refractivity contribution in [2.45, 2.75) is 6.18 Å². The van der Waals surface area contributed by atoms with E-state index < -0.39 is 30.5 Å². The topological polar surface area (TPSA) is 72.7 Å². The second-order valence-corrected chi connectivity index (χ2v) is 12.4. The summed E-state index contributed by atoms with van der Waals surface area (Å²) in [6.07, 6.45) is -3.74. The van der Waals surface area contributed by atoms with Gasteiger partial charge in [0.1, 0.15) is 5.57 Å². The van der Waals surface area contributed by atoms with E-state index in [1.807, 2.05) is 0 Å². The predicted octanol–water partition coefficient (Wildman–Crippen LogP) is 7.31. The molecule has 5 aromatic rings. The zero-order valence-corrected chi connectivity index (χ0v) is 27.9. The molecule has 0 amide bonds. The normalized spacial score (nSPS) is 13.5. The fraction of sp³-hybridized carbons (Fsp3) is 0.219. The van der Waals surface area contributed by atoms with Crippen LogP contribution >= 0.6 is 22.7 Å². The van der Waals surface area contributed by atoms with Crippen molar-refractivity contribution in [3.8, 4) is 55.4 Å². The molecular weight excluding hydrogens is 678 g/mol. The minimum absolute atomic E-state index is 0.0615. The van der Waals surface area contributed by atoms with E-state index >= 15 is 0 Å². The molecule has 0 spiro atoms. The van der Waals surface area contributed by atoms with E-state index in [-0.39, 0.29) is 15.6 Å². The number of benzene rings is 2. The molecule has 0 radical (unpaired) electrons. The Labute approximate surface area is 279 Å². The molecule has 0 aliphatic carbocycles.